The van der Waals surface area contributed by atoms with Crippen molar-refractivity contribution in [2.24, 2.45) is 5.73 Å². The molecule has 1 heteroatoms. The molecule has 0 amide bonds. The number of hydrogen-bond acceptors (Lipinski definition) is 1. The normalized spacial score (nSPS) is 14.8. The Morgan fingerprint density at radius 1 is 0.655 bits per heavy atom. The predicted octanol–water partition coefficient (Wildman–Crippen LogP) is 5.94. The summed E-state index contributed by atoms with van der Waals surface area (Å²) in [6.45, 7) is 2.07. The highest BCUT2D eigenvalue weighted by Crippen LogP contribution is 2.55. The van der Waals surface area contributed by atoms with Gasteiger partial charge in [0.2, 0.25) is 0 Å². The summed E-state index contributed by atoms with van der Waals surface area (Å²) in [5.74, 6) is 0. The summed E-state index contributed by atoms with van der Waals surface area (Å²) >= 11 is 0. The zero-order chi connectivity index (χ0) is 19.8. The Labute approximate surface area is 172 Å². The second kappa shape index (κ2) is 7.02. The molecule has 29 heavy (non-hydrogen) atoms. The Kier molecular flexibility index (Phi) is 4.34. The third-order valence-corrected chi connectivity index (χ3v) is 6.08. The van der Waals surface area contributed by atoms with Gasteiger partial charge in [-0.2, -0.15) is 0 Å². The van der Waals surface area contributed by atoms with Crippen LogP contribution in [0.25, 0.3) is 11.1 Å². The van der Waals surface area contributed by atoms with Crippen LogP contribution in [0.3, 0.4) is 0 Å². The average molecular weight is 376 g/mol. The standard InChI is InChI=1S/C28H25N/c1-20(29)18-21-10-9-13-23(19-21)28(22-11-3-2-4-12-22)26-16-7-5-14-24(26)25-15-6-8-17-27(25)28/h2-17,19-20H,18,29H2,1H3. The van der Waals surface area contributed by atoms with Crippen LogP contribution in [0.15, 0.2) is 103 Å². The molecule has 2 N–H and O–H groups in total. The van der Waals surface area contributed by atoms with Crippen molar-refractivity contribution in [3.8, 4) is 11.1 Å². The minimum atomic E-state index is -0.317. The second-order valence-corrected chi connectivity index (χ2v) is 8.09. The number of fused-ring (bicyclic) bond motifs is 3. The Bertz CT molecular complexity index is 1110. The van der Waals surface area contributed by atoms with Gasteiger partial charge in [0.05, 0.1) is 5.41 Å². The predicted molar refractivity (Wildman–Crippen MR) is 121 cm³/mol. The fourth-order valence-electron chi connectivity index (χ4n) is 5.02. The van der Waals surface area contributed by atoms with E-state index in [1.807, 2.05) is 0 Å². The van der Waals surface area contributed by atoms with Gasteiger partial charge >= 0.3 is 0 Å². The minimum Gasteiger partial charge on any atom is -0.328 e. The minimum absolute atomic E-state index is 0.140. The first kappa shape index (κ1) is 17.9. The molecule has 0 radical (unpaired) electrons. The highest BCUT2D eigenvalue weighted by atomic mass is 14.6. The van der Waals surface area contributed by atoms with Crippen LogP contribution in [0.2, 0.25) is 0 Å². The van der Waals surface area contributed by atoms with Gasteiger partial charge in [-0.05, 0) is 52.3 Å². The zero-order valence-corrected chi connectivity index (χ0v) is 16.7. The van der Waals surface area contributed by atoms with E-state index in [-0.39, 0.29) is 11.5 Å². The maximum Gasteiger partial charge on any atom is 0.0713 e. The smallest absolute Gasteiger partial charge is 0.0713 e. The van der Waals surface area contributed by atoms with E-state index >= 15 is 0 Å². The van der Waals surface area contributed by atoms with Crippen molar-refractivity contribution in [1.29, 1.82) is 0 Å². The number of nitrogens with two attached hydrogens (primary N) is 1. The van der Waals surface area contributed by atoms with Gasteiger partial charge in [0, 0.05) is 6.04 Å². The van der Waals surface area contributed by atoms with Crippen molar-refractivity contribution in [3.05, 3.63) is 131 Å². The topological polar surface area (TPSA) is 26.0 Å². The van der Waals surface area contributed by atoms with Crippen molar-refractivity contribution in [1.82, 2.24) is 0 Å². The highest BCUT2D eigenvalue weighted by molar-refractivity contribution is 5.86. The SMILES string of the molecule is CC(N)Cc1cccc(C2(c3ccccc3)c3ccccc3-c3ccccc32)c1. The van der Waals surface area contributed by atoms with E-state index in [4.69, 9.17) is 5.73 Å². The first-order chi connectivity index (χ1) is 14.2. The maximum absolute atomic E-state index is 6.13. The number of hydrogen-bond donors (Lipinski definition) is 1. The zero-order valence-electron chi connectivity index (χ0n) is 16.7. The summed E-state index contributed by atoms with van der Waals surface area (Å²) in [6, 6.07) is 37.8. The molecule has 5 rings (SSSR count). The fraction of sp³-hybridized carbons (Fsp3) is 0.143. The molecule has 142 valence electrons. The Hall–Kier alpha value is -3.16. The number of benzene rings is 4. The molecular weight excluding hydrogens is 350 g/mol. The molecule has 1 nitrogen and oxygen atoms in total. The lowest BCUT2D eigenvalue weighted by Crippen LogP contribution is -2.29. The van der Waals surface area contributed by atoms with Crippen LogP contribution in [-0.4, -0.2) is 6.04 Å². The fourth-order valence-corrected chi connectivity index (χ4v) is 5.02. The van der Waals surface area contributed by atoms with Crippen LogP contribution in [0, 0.1) is 0 Å². The van der Waals surface area contributed by atoms with Gasteiger partial charge in [0.1, 0.15) is 0 Å². The maximum atomic E-state index is 6.13. The third-order valence-electron chi connectivity index (χ3n) is 6.08. The lowest BCUT2D eigenvalue weighted by Gasteiger charge is -2.34. The van der Waals surface area contributed by atoms with Gasteiger partial charge < -0.3 is 5.73 Å². The molecule has 1 aliphatic carbocycles. The van der Waals surface area contributed by atoms with E-state index in [0.717, 1.165) is 6.42 Å². The molecule has 0 saturated carbocycles. The summed E-state index contributed by atoms with van der Waals surface area (Å²) in [6.07, 6.45) is 0.877. The molecule has 1 aliphatic rings. The van der Waals surface area contributed by atoms with Gasteiger partial charge in [-0.25, -0.2) is 0 Å². The van der Waals surface area contributed by atoms with Gasteiger partial charge in [0.25, 0.3) is 0 Å². The lowest BCUT2D eigenvalue weighted by atomic mass is 9.67. The molecular formula is C28H25N. The van der Waals surface area contributed by atoms with E-state index in [9.17, 15) is 0 Å². The van der Waals surface area contributed by atoms with Gasteiger partial charge in [0.15, 0.2) is 0 Å². The Morgan fingerprint density at radius 3 is 1.83 bits per heavy atom. The van der Waals surface area contributed by atoms with Crippen LogP contribution in [0.1, 0.15) is 34.7 Å². The van der Waals surface area contributed by atoms with E-state index in [1.54, 1.807) is 0 Å². The van der Waals surface area contributed by atoms with Crippen LogP contribution < -0.4 is 5.73 Å². The highest BCUT2D eigenvalue weighted by Gasteiger charge is 2.45. The van der Waals surface area contributed by atoms with Crippen molar-refractivity contribution < 1.29 is 0 Å². The average Bonchev–Trinajstić information content (AvgIpc) is 3.06. The van der Waals surface area contributed by atoms with Gasteiger partial charge in [-0.1, -0.05) is 103 Å². The third kappa shape index (κ3) is 2.73. The molecule has 0 aliphatic heterocycles. The lowest BCUT2D eigenvalue weighted by molar-refractivity contribution is 0.728. The molecule has 0 heterocycles. The van der Waals surface area contributed by atoms with E-state index < -0.39 is 0 Å². The monoisotopic (exact) mass is 375 g/mol. The van der Waals surface area contributed by atoms with Crippen LogP contribution in [0.4, 0.5) is 0 Å². The molecule has 0 bridgehead atoms. The molecule has 1 unspecified atom stereocenters. The van der Waals surface area contributed by atoms with E-state index in [1.165, 1.54) is 38.9 Å². The number of rotatable bonds is 4. The van der Waals surface area contributed by atoms with Gasteiger partial charge in [-0.15, -0.1) is 0 Å². The summed E-state index contributed by atoms with van der Waals surface area (Å²) in [4.78, 5) is 0. The van der Waals surface area contributed by atoms with Gasteiger partial charge in [-0.3, -0.25) is 0 Å². The molecule has 4 aromatic rings. The molecule has 0 spiro atoms. The quantitative estimate of drug-likeness (QED) is 0.413. The molecule has 0 fully saturated rings. The summed E-state index contributed by atoms with van der Waals surface area (Å²) in [7, 11) is 0. The van der Waals surface area contributed by atoms with Crippen molar-refractivity contribution in [3.63, 3.8) is 0 Å². The Balaban J connectivity index is 1.88. The van der Waals surface area contributed by atoms with Crippen LogP contribution >= 0.6 is 0 Å². The second-order valence-electron chi connectivity index (χ2n) is 8.09. The van der Waals surface area contributed by atoms with Crippen molar-refractivity contribution in [2.75, 3.05) is 0 Å². The largest absolute Gasteiger partial charge is 0.328 e. The van der Waals surface area contributed by atoms with Crippen LogP contribution in [-0.2, 0) is 11.8 Å². The van der Waals surface area contributed by atoms with Crippen LogP contribution in [0.5, 0.6) is 0 Å². The summed E-state index contributed by atoms with van der Waals surface area (Å²) < 4.78 is 0. The molecule has 4 aromatic carbocycles. The molecule has 1 atom stereocenters. The summed E-state index contributed by atoms with van der Waals surface area (Å²) in [5.41, 5.74) is 15.1. The molecule has 0 saturated heterocycles. The molecule has 0 aromatic heterocycles. The van der Waals surface area contributed by atoms with Crippen molar-refractivity contribution >= 4 is 0 Å². The summed E-state index contributed by atoms with van der Waals surface area (Å²) in [5, 5.41) is 0. The van der Waals surface area contributed by atoms with E-state index in [0.29, 0.717) is 0 Å². The van der Waals surface area contributed by atoms with E-state index in [2.05, 4.69) is 110 Å². The Morgan fingerprint density at radius 2 is 1.21 bits per heavy atom. The first-order valence-electron chi connectivity index (χ1n) is 10.3. The van der Waals surface area contributed by atoms with Crippen molar-refractivity contribution in [2.45, 2.75) is 24.8 Å². The first-order valence-corrected chi connectivity index (χ1v) is 10.3.